The minimum absolute atomic E-state index is 0.248. The Morgan fingerprint density at radius 1 is 0.615 bits per heavy atom. The molecular weight excluding hydrogens is 326 g/mol. The number of quaternary nitrogens is 1. The molecule has 0 aromatic rings. The van der Waals surface area contributed by atoms with Crippen LogP contribution in [0.25, 0.3) is 0 Å². The Bertz CT molecular complexity index is 279. The molecule has 0 aliphatic carbocycles. The first-order chi connectivity index (χ1) is 12.8. The summed E-state index contributed by atoms with van der Waals surface area (Å²) in [6.07, 6.45) is 23.9. The van der Waals surface area contributed by atoms with Crippen molar-refractivity contribution in [1.29, 1.82) is 0 Å². The van der Waals surface area contributed by atoms with Crippen LogP contribution in [0.2, 0.25) is 0 Å². The van der Waals surface area contributed by atoms with E-state index in [0.717, 1.165) is 37.7 Å². The molecule has 26 heavy (non-hydrogen) atoms. The summed E-state index contributed by atoms with van der Waals surface area (Å²) < 4.78 is 0. The summed E-state index contributed by atoms with van der Waals surface area (Å²) in [5.74, 6) is 0.504. The van der Waals surface area contributed by atoms with Gasteiger partial charge in [0.1, 0.15) is 0 Å². The maximum absolute atomic E-state index is 10.2. The van der Waals surface area contributed by atoms with Gasteiger partial charge in [0.05, 0.1) is 6.54 Å². The third-order valence-electron chi connectivity index (χ3n) is 5.17. The van der Waals surface area contributed by atoms with E-state index in [0.29, 0.717) is 5.92 Å². The lowest BCUT2D eigenvalue weighted by Gasteiger charge is -2.13. The average molecular weight is 372 g/mol. The Labute approximate surface area is 162 Å². The molecule has 0 saturated carbocycles. The molecule has 0 rings (SSSR count). The summed E-state index contributed by atoms with van der Waals surface area (Å²) in [4.78, 5) is 0. The molecule has 0 aliphatic heterocycles. The van der Waals surface area contributed by atoms with E-state index in [1.54, 1.807) is 0 Å². The molecule has 0 saturated heterocycles. The second kappa shape index (κ2) is 22.6. The number of aliphatic hydroxyl groups is 2. The predicted octanol–water partition coefficient (Wildman–Crippen LogP) is 4.45. The fourth-order valence-corrected chi connectivity index (χ4v) is 3.46. The number of allylic oxidation sites excluding steroid dienone is 2. The molecule has 0 fully saturated rings. The minimum Gasteiger partial charge on any atom is -0.636 e. The van der Waals surface area contributed by atoms with Crippen molar-refractivity contribution in [3.63, 3.8) is 0 Å². The van der Waals surface area contributed by atoms with Crippen LogP contribution in [0.1, 0.15) is 103 Å². The zero-order chi connectivity index (χ0) is 19.1. The van der Waals surface area contributed by atoms with Crippen LogP contribution >= 0.6 is 0 Å². The summed E-state index contributed by atoms with van der Waals surface area (Å²) in [7, 11) is 0. The second-order valence-electron chi connectivity index (χ2n) is 7.57. The van der Waals surface area contributed by atoms with E-state index >= 15 is 0 Å². The second-order valence-corrected chi connectivity index (χ2v) is 7.57. The highest BCUT2D eigenvalue weighted by Gasteiger charge is 2.06. The molecule has 0 aromatic heterocycles. The van der Waals surface area contributed by atoms with Crippen molar-refractivity contribution in [2.45, 2.75) is 103 Å². The Kier molecular flexibility index (Phi) is 22.3. The Hall–Kier alpha value is -0.420. The minimum atomic E-state index is 0.248. The lowest BCUT2D eigenvalue weighted by Crippen LogP contribution is -2.77. The topological polar surface area (TPSA) is 80.1 Å². The molecule has 0 heterocycles. The standard InChI is InChI=1S/C22H45NO3/c24-20-17-22(18-21-25)16-14-12-10-8-6-4-2-1-3-5-7-9-11-13-15-19-23-26/h1-2,22,24-25H,3-21,23H2/b2-1-. The molecule has 0 amide bonds. The van der Waals surface area contributed by atoms with Gasteiger partial charge in [0.15, 0.2) is 0 Å². The van der Waals surface area contributed by atoms with Gasteiger partial charge in [-0.15, -0.1) is 0 Å². The predicted molar refractivity (Wildman–Crippen MR) is 111 cm³/mol. The average Bonchev–Trinajstić information content (AvgIpc) is 2.64. The van der Waals surface area contributed by atoms with E-state index in [-0.39, 0.29) is 13.2 Å². The fourth-order valence-electron chi connectivity index (χ4n) is 3.46. The lowest BCUT2D eigenvalue weighted by molar-refractivity contribution is -0.589. The molecule has 0 spiro atoms. The highest BCUT2D eigenvalue weighted by atomic mass is 16.5. The van der Waals surface area contributed by atoms with Gasteiger partial charge in [-0.2, -0.15) is 0 Å². The molecule has 0 radical (unpaired) electrons. The molecule has 0 aliphatic rings. The van der Waals surface area contributed by atoms with Crippen molar-refractivity contribution in [2.75, 3.05) is 19.8 Å². The first kappa shape index (κ1) is 25.6. The Morgan fingerprint density at radius 2 is 1.08 bits per heavy atom. The van der Waals surface area contributed by atoms with Gasteiger partial charge < -0.3 is 20.9 Å². The van der Waals surface area contributed by atoms with Crippen LogP contribution in [0.4, 0.5) is 0 Å². The summed E-state index contributed by atoms with van der Waals surface area (Å²) in [6, 6.07) is 0. The molecule has 0 unspecified atom stereocenters. The molecule has 0 bridgehead atoms. The van der Waals surface area contributed by atoms with E-state index < -0.39 is 0 Å². The van der Waals surface area contributed by atoms with Crippen LogP contribution in [-0.2, 0) is 0 Å². The van der Waals surface area contributed by atoms with Crippen LogP contribution in [0.5, 0.6) is 0 Å². The number of aliphatic hydroxyl groups excluding tert-OH is 2. The summed E-state index contributed by atoms with van der Waals surface area (Å²) in [5.41, 5.74) is 1.03. The first-order valence-corrected chi connectivity index (χ1v) is 11.2. The molecule has 4 nitrogen and oxygen atoms in total. The van der Waals surface area contributed by atoms with Crippen molar-refractivity contribution in [1.82, 2.24) is 0 Å². The largest absolute Gasteiger partial charge is 0.636 e. The highest BCUT2D eigenvalue weighted by Crippen LogP contribution is 2.18. The van der Waals surface area contributed by atoms with Crippen LogP contribution in [0.3, 0.4) is 0 Å². The normalized spacial score (nSPS) is 11.8. The van der Waals surface area contributed by atoms with E-state index in [1.165, 1.54) is 77.0 Å². The number of hydrogen-bond acceptors (Lipinski definition) is 3. The summed E-state index contributed by atoms with van der Waals surface area (Å²) in [6.45, 7) is 1.23. The SMILES string of the molecule is [O-][NH2+]CCCCCCCC/C=C\CCCCCCCC(CCO)CCO. The summed E-state index contributed by atoms with van der Waals surface area (Å²) in [5, 5.41) is 28.2. The Balaban J connectivity index is 3.23. The highest BCUT2D eigenvalue weighted by molar-refractivity contribution is 4.81. The van der Waals surface area contributed by atoms with Gasteiger partial charge in [0.25, 0.3) is 0 Å². The van der Waals surface area contributed by atoms with Gasteiger partial charge in [0, 0.05) is 13.2 Å². The number of hydroxylamine groups is 1. The van der Waals surface area contributed by atoms with E-state index in [1.807, 2.05) is 0 Å². The maximum Gasteiger partial charge on any atom is 0.0752 e. The fraction of sp³-hybridized carbons (Fsp3) is 0.909. The van der Waals surface area contributed by atoms with Crippen LogP contribution in [0, 0.1) is 11.1 Å². The zero-order valence-corrected chi connectivity index (χ0v) is 17.0. The molecule has 4 heteroatoms. The van der Waals surface area contributed by atoms with Crippen LogP contribution < -0.4 is 5.48 Å². The molecule has 0 aromatic carbocycles. The van der Waals surface area contributed by atoms with E-state index in [4.69, 9.17) is 10.2 Å². The van der Waals surface area contributed by atoms with Crippen LogP contribution in [0.15, 0.2) is 12.2 Å². The first-order valence-electron chi connectivity index (χ1n) is 11.2. The quantitative estimate of drug-likeness (QED) is 0.158. The zero-order valence-electron chi connectivity index (χ0n) is 17.0. The van der Waals surface area contributed by atoms with Gasteiger partial charge in [-0.1, -0.05) is 63.5 Å². The van der Waals surface area contributed by atoms with Crippen molar-refractivity contribution >= 4 is 0 Å². The Morgan fingerprint density at radius 3 is 1.58 bits per heavy atom. The van der Waals surface area contributed by atoms with Gasteiger partial charge in [-0.3, -0.25) is 0 Å². The van der Waals surface area contributed by atoms with Crippen molar-refractivity contribution in [2.24, 2.45) is 5.92 Å². The number of nitrogens with two attached hydrogens (primary N) is 1. The van der Waals surface area contributed by atoms with Crippen LogP contribution in [-0.4, -0.2) is 30.0 Å². The number of rotatable bonds is 21. The smallest absolute Gasteiger partial charge is 0.0752 e. The van der Waals surface area contributed by atoms with E-state index in [2.05, 4.69) is 12.2 Å². The van der Waals surface area contributed by atoms with Gasteiger partial charge in [-0.25, -0.2) is 0 Å². The van der Waals surface area contributed by atoms with Crippen molar-refractivity contribution in [3.8, 4) is 0 Å². The molecule has 4 N–H and O–H groups in total. The monoisotopic (exact) mass is 371 g/mol. The lowest BCUT2D eigenvalue weighted by atomic mass is 9.95. The van der Waals surface area contributed by atoms with Crippen molar-refractivity contribution in [3.05, 3.63) is 17.4 Å². The number of hydrogen-bond donors (Lipinski definition) is 3. The third-order valence-corrected chi connectivity index (χ3v) is 5.17. The van der Waals surface area contributed by atoms with Gasteiger partial charge in [0.2, 0.25) is 0 Å². The van der Waals surface area contributed by atoms with Gasteiger partial charge in [-0.05, 0) is 57.3 Å². The van der Waals surface area contributed by atoms with Gasteiger partial charge >= 0.3 is 0 Å². The molecular formula is C22H45NO3. The summed E-state index contributed by atoms with van der Waals surface area (Å²) >= 11 is 0. The third kappa shape index (κ3) is 19.9. The van der Waals surface area contributed by atoms with E-state index in [9.17, 15) is 5.21 Å². The number of unbranched alkanes of at least 4 members (excludes halogenated alkanes) is 11. The molecule has 156 valence electrons. The molecule has 0 atom stereocenters. The van der Waals surface area contributed by atoms with Crippen molar-refractivity contribution < 1.29 is 15.7 Å². The maximum atomic E-state index is 10.2.